The Bertz CT molecular complexity index is 732. The minimum Gasteiger partial charge on any atom is -0.481 e. The Morgan fingerprint density at radius 2 is 1.86 bits per heavy atom. The first-order chi connectivity index (χ1) is 13.3. The molecule has 1 heterocycles. The molecule has 0 radical (unpaired) electrons. The molecule has 0 aliphatic carbocycles. The van der Waals surface area contributed by atoms with Crippen molar-refractivity contribution in [1.82, 2.24) is 15.5 Å². The van der Waals surface area contributed by atoms with Gasteiger partial charge >= 0.3 is 12.0 Å². The van der Waals surface area contributed by atoms with E-state index in [1.54, 1.807) is 29.2 Å². The molecule has 9 nitrogen and oxygen atoms in total. The van der Waals surface area contributed by atoms with Gasteiger partial charge < -0.3 is 26.0 Å². The van der Waals surface area contributed by atoms with Gasteiger partial charge in [-0.3, -0.25) is 14.4 Å². The molecule has 0 bridgehead atoms. The molecule has 0 saturated carbocycles. The maximum Gasteiger partial charge on any atom is 0.318 e. The van der Waals surface area contributed by atoms with Gasteiger partial charge in [-0.25, -0.2) is 4.79 Å². The van der Waals surface area contributed by atoms with Crippen LogP contribution in [0.4, 0.5) is 10.5 Å². The number of carboxylic acids is 1. The van der Waals surface area contributed by atoms with Gasteiger partial charge in [-0.15, -0.1) is 0 Å². The first-order valence-electron chi connectivity index (χ1n) is 9.26. The number of aliphatic carboxylic acids is 1. The fourth-order valence-electron chi connectivity index (χ4n) is 2.93. The lowest BCUT2D eigenvalue weighted by Crippen LogP contribution is -2.49. The van der Waals surface area contributed by atoms with E-state index < -0.39 is 12.0 Å². The van der Waals surface area contributed by atoms with E-state index in [9.17, 15) is 19.2 Å². The van der Waals surface area contributed by atoms with Gasteiger partial charge in [-0.05, 0) is 51.0 Å². The highest BCUT2D eigenvalue weighted by Crippen LogP contribution is 2.20. The van der Waals surface area contributed by atoms with Crippen LogP contribution in [-0.2, 0) is 9.59 Å². The van der Waals surface area contributed by atoms with Crippen molar-refractivity contribution in [1.29, 1.82) is 0 Å². The van der Waals surface area contributed by atoms with Crippen molar-refractivity contribution < 1.29 is 24.3 Å². The Morgan fingerprint density at radius 1 is 1.18 bits per heavy atom. The SMILES string of the molecule is CC(C)NC(=O)N1CCC[C@H]1C(=O)Nc1ccc(C(=O)NCCC(=O)O)cc1. The summed E-state index contributed by atoms with van der Waals surface area (Å²) < 4.78 is 0. The summed E-state index contributed by atoms with van der Waals surface area (Å²) in [4.78, 5) is 48.7. The van der Waals surface area contributed by atoms with Crippen LogP contribution < -0.4 is 16.0 Å². The number of likely N-dealkylation sites (tertiary alicyclic amines) is 1. The molecule has 1 saturated heterocycles. The number of carbonyl (C=O) groups excluding carboxylic acids is 3. The number of nitrogens with one attached hydrogen (secondary N) is 3. The average molecular weight is 390 g/mol. The predicted octanol–water partition coefficient (Wildman–Crippen LogP) is 1.41. The van der Waals surface area contributed by atoms with Gasteiger partial charge in [0, 0.05) is 30.4 Å². The summed E-state index contributed by atoms with van der Waals surface area (Å²) in [6, 6.07) is 5.49. The van der Waals surface area contributed by atoms with E-state index in [4.69, 9.17) is 5.11 Å². The van der Waals surface area contributed by atoms with E-state index in [-0.39, 0.29) is 36.9 Å². The van der Waals surface area contributed by atoms with Crippen molar-refractivity contribution in [2.24, 2.45) is 0 Å². The number of nitrogens with zero attached hydrogens (tertiary/aromatic N) is 1. The molecule has 0 spiro atoms. The highest BCUT2D eigenvalue weighted by atomic mass is 16.4. The zero-order chi connectivity index (χ0) is 20.7. The Balaban J connectivity index is 1.92. The number of carboxylic acid groups (broad SMARTS) is 1. The van der Waals surface area contributed by atoms with Crippen molar-refractivity contribution in [3.8, 4) is 0 Å². The molecule has 1 aromatic carbocycles. The number of rotatable bonds is 7. The molecule has 4 amide bonds. The maximum atomic E-state index is 12.6. The summed E-state index contributed by atoms with van der Waals surface area (Å²) in [6.07, 6.45) is 1.21. The van der Waals surface area contributed by atoms with Crippen LogP contribution in [0.15, 0.2) is 24.3 Å². The normalized spacial score (nSPS) is 16.0. The number of carbonyl (C=O) groups is 4. The van der Waals surface area contributed by atoms with Crippen LogP contribution in [0, 0.1) is 0 Å². The Labute approximate surface area is 163 Å². The van der Waals surface area contributed by atoms with E-state index in [1.165, 1.54) is 0 Å². The molecule has 152 valence electrons. The van der Waals surface area contributed by atoms with Gasteiger partial charge in [0.2, 0.25) is 5.91 Å². The van der Waals surface area contributed by atoms with Crippen molar-refractivity contribution in [2.45, 2.75) is 45.2 Å². The average Bonchev–Trinajstić information content (AvgIpc) is 3.11. The van der Waals surface area contributed by atoms with Gasteiger partial charge in [-0.1, -0.05) is 0 Å². The molecular formula is C19H26N4O5. The minimum absolute atomic E-state index is 0.00833. The van der Waals surface area contributed by atoms with Crippen LogP contribution in [0.1, 0.15) is 43.5 Å². The van der Waals surface area contributed by atoms with Crippen molar-refractivity contribution in [3.05, 3.63) is 29.8 Å². The zero-order valence-electron chi connectivity index (χ0n) is 16.0. The van der Waals surface area contributed by atoms with Gasteiger partial charge in [0.25, 0.3) is 5.91 Å². The molecule has 1 atom stereocenters. The van der Waals surface area contributed by atoms with E-state index in [2.05, 4.69) is 16.0 Å². The summed E-state index contributed by atoms with van der Waals surface area (Å²) in [6.45, 7) is 4.31. The molecular weight excluding hydrogens is 364 g/mol. The van der Waals surface area contributed by atoms with E-state index >= 15 is 0 Å². The van der Waals surface area contributed by atoms with E-state index in [0.717, 1.165) is 6.42 Å². The molecule has 2 rings (SSSR count). The summed E-state index contributed by atoms with van der Waals surface area (Å²) in [5, 5.41) is 16.7. The summed E-state index contributed by atoms with van der Waals surface area (Å²) in [7, 11) is 0. The van der Waals surface area contributed by atoms with Gasteiger partial charge in [0.15, 0.2) is 0 Å². The molecule has 28 heavy (non-hydrogen) atoms. The topological polar surface area (TPSA) is 128 Å². The van der Waals surface area contributed by atoms with Crippen LogP contribution in [0.5, 0.6) is 0 Å². The molecule has 4 N–H and O–H groups in total. The lowest BCUT2D eigenvalue weighted by atomic mass is 10.1. The highest BCUT2D eigenvalue weighted by molar-refractivity contribution is 5.98. The number of hydrogen-bond acceptors (Lipinski definition) is 4. The van der Waals surface area contributed by atoms with Gasteiger partial charge in [0.1, 0.15) is 6.04 Å². The summed E-state index contributed by atoms with van der Waals surface area (Å²) >= 11 is 0. The smallest absolute Gasteiger partial charge is 0.318 e. The van der Waals surface area contributed by atoms with Crippen LogP contribution in [0.2, 0.25) is 0 Å². The van der Waals surface area contributed by atoms with Crippen LogP contribution >= 0.6 is 0 Å². The molecule has 0 unspecified atom stereocenters. The van der Waals surface area contributed by atoms with Crippen molar-refractivity contribution in [3.63, 3.8) is 0 Å². The fraction of sp³-hybridized carbons (Fsp3) is 0.474. The fourth-order valence-corrected chi connectivity index (χ4v) is 2.93. The minimum atomic E-state index is -0.985. The molecule has 9 heteroatoms. The zero-order valence-corrected chi connectivity index (χ0v) is 16.0. The summed E-state index contributed by atoms with van der Waals surface area (Å²) in [5.74, 6) is -1.64. The van der Waals surface area contributed by atoms with Gasteiger partial charge in [-0.2, -0.15) is 0 Å². The van der Waals surface area contributed by atoms with Crippen molar-refractivity contribution >= 4 is 29.5 Å². The van der Waals surface area contributed by atoms with Crippen LogP contribution in [0.3, 0.4) is 0 Å². The van der Waals surface area contributed by atoms with Crippen LogP contribution in [-0.4, -0.2) is 59.0 Å². The Kier molecular flexibility index (Phi) is 7.36. The second kappa shape index (κ2) is 9.72. The number of anilines is 1. The molecule has 0 aromatic heterocycles. The third-order valence-electron chi connectivity index (χ3n) is 4.27. The second-order valence-electron chi connectivity index (χ2n) is 6.92. The number of hydrogen-bond donors (Lipinski definition) is 4. The lowest BCUT2D eigenvalue weighted by Gasteiger charge is -2.25. The first-order valence-corrected chi connectivity index (χ1v) is 9.26. The lowest BCUT2D eigenvalue weighted by molar-refractivity contribution is -0.136. The summed E-state index contributed by atoms with van der Waals surface area (Å²) in [5.41, 5.74) is 0.880. The van der Waals surface area contributed by atoms with Crippen molar-refractivity contribution in [2.75, 3.05) is 18.4 Å². The highest BCUT2D eigenvalue weighted by Gasteiger charge is 2.34. The second-order valence-corrected chi connectivity index (χ2v) is 6.92. The third kappa shape index (κ3) is 5.97. The van der Waals surface area contributed by atoms with E-state index in [1.807, 2.05) is 13.8 Å². The number of benzene rings is 1. The van der Waals surface area contributed by atoms with Crippen LogP contribution in [0.25, 0.3) is 0 Å². The largest absolute Gasteiger partial charge is 0.481 e. The van der Waals surface area contributed by atoms with Gasteiger partial charge in [0.05, 0.1) is 6.42 Å². The molecule has 1 aromatic rings. The predicted molar refractivity (Wildman–Crippen MR) is 103 cm³/mol. The standard InChI is InChI=1S/C19H26N4O5/c1-12(2)21-19(28)23-11-3-4-15(23)18(27)22-14-7-5-13(6-8-14)17(26)20-10-9-16(24)25/h5-8,12,15H,3-4,9-11H2,1-2H3,(H,20,26)(H,21,28)(H,22,27)(H,24,25)/t15-/m0/s1. The number of amides is 4. The molecule has 1 fully saturated rings. The third-order valence-corrected chi connectivity index (χ3v) is 4.27. The Hall–Kier alpha value is -3.10. The number of urea groups is 1. The van der Waals surface area contributed by atoms with E-state index in [0.29, 0.717) is 24.2 Å². The first kappa shape index (κ1) is 21.2. The monoisotopic (exact) mass is 390 g/mol. The Morgan fingerprint density at radius 3 is 2.46 bits per heavy atom. The molecule has 1 aliphatic heterocycles. The maximum absolute atomic E-state index is 12.6. The quantitative estimate of drug-likeness (QED) is 0.560. The molecule has 1 aliphatic rings.